The maximum Gasteiger partial charge on any atom is 0.320 e. The number of aromatic nitrogens is 2. The summed E-state index contributed by atoms with van der Waals surface area (Å²) in [5.41, 5.74) is 7.28. The largest absolute Gasteiger partial charge is 0.504 e. The number of rotatable bonds is 5. The molecule has 1 fully saturated rings. The zero-order valence-electron chi connectivity index (χ0n) is 12.2. The van der Waals surface area contributed by atoms with E-state index in [4.69, 9.17) is 10.5 Å². The van der Waals surface area contributed by atoms with Crippen molar-refractivity contribution in [2.45, 2.75) is 25.3 Å². The molecule has 7 nitrogen and oxygen atoms in total. The van der Waals surface area contributed by atoms with Gasteiger partial charge in [0.1, 0.15) is 0 Å². The fourth-order valence-electron chi connectivity index (χ4n) is 2.34. The SMILES string of the molecule is COc1cc(CN(C(N)=O)c2cc(C3CC3)[nH]n2)ccc1O. The Kier molecular flexibility index (Phi) is 3.62. The Morgan fingerprint density at radius 1 is 1.50 bits per heavy atom. The molecule has 22 heavy (non-hydrogen) atoms. The number of nitrogens with zero attached hydrogens (tertiary/aromatic N) is 2. The Bertz CT molecular complexity index is 694. The number of benzene rings is 1. The van der Waals surface area contributed by atoms with Crippen molar-refractivity contribution < 1.29 is 14.6 Å². The summed E-state index contributed by atoms with van der Waals surface area (Å²) >= 11 is 0. The van der Waals surface area contributed by atoms with Gasteiger partial charge >= 0.3 is 6.03 Å². The van der Waals surface area contributed by atoms with Crippen LogP contribution in [0.25, 0.3) is 0 Å². The topological polar surface area (TPSA) is 104 Å². The highest BCUT2D eigenvalue weighted by molar-refractivity contribution is 5.89. The third-order valence-corrected chi connectivity index (χ3v) is 3.73. The first-order valence-electron chi connectivity index (χ1n) is 7.06. The highest BCUT2D eigenvalue weighted by atomic mass is 16.5. The van der Waals surface area contributed by atoms with E-state index in [0.29, 0.717) is 17.5 Å². The van der Waals surface area contributed by atoms with Crippen LogP contribution in [0.2, 0.25) is 0 Å². The van der Waals surface area contributed by atoms with Crippen LogP contribution in [0.5, 0.6) is 11.5 Å². The van der Waals surface area contributed by atoms with Gasteiger partial charge in [0.25, 0.3) is 0 Å². The zero-order valence-corrected chi connectivity index (χ0v) is 12.2. The maximum atomic E-state index is 11.7. The Balaban J connectivity index is 1.83. The standard InChI is InChI=1S/C15H18N4O3/c1-22-13-6-9(2-5-12(13)20)8-19(15(16)21)14-7-11(17-18-14)10-3-4-10/h2,5-7,10,20H,3-4,8H2,1H3,(H2,16,21)(H,17,18). The summed E-state index contributed by atoms with van der Waals surface area (Å²) in [6, 6.07) is 6.18. The predicted octanol–water partition coefficient (Wildman–Crippen LogP) is 2.09. The summed E-state index contributed by atoms with van der Waals surface area (Å²) in [5, 5.41) is 16.8. The first-order valence-corrected chi connectivity index (χ1v) is 7.06. The van der Waals surface area contributed by atoms with E-state index in [1.165, 1.54) is 18.1 Å². The van der Waals surface area contributed by atoms with Crippen LogP contribution in [0, 0.1) is 0 Å². The van der Waals surface area contributed by atoms with Crippen molar-refractivity contribution in [1.29, 1.82) is 0 Å². The Hall–Kier alpha value is -2.70. The van der Waals surface area contributed by atoms with Gasteiger partial charge in [-0.25, -0.2) is 4.79 Å². The van der Waals surface area contributed by atoms with Crippen molar-refractivity contribution in [2.24, 2.45) is 5.73 Å². The summed E-state index contributed by atoms with van der Waals surface area (Å²) in [6.45, 7) is 0.251. The predicted molar refractivity (Wildman–Crippen MR) is 81.0 cm³/mol. The number of nitrogens with one attached hydrogen (secondary N) is 1. The van der Waals surface area contributed by atoms with Gasteiger partial charge in [-0.3, -0.25) is 10.00 Å². The third kappa shape index (κ3) is 2.83. The van der Waals surface area contributed by atoms with Crippen LogP contribution in [0.1, 0.15) is 30.0 Å². The van der Waals surface area contributed by atoms with E-state index in [1.807, 2.05) is 6.07 Å². The van der Waals surface area contributed by atoms with E-state index >= 15 is 0 Å². The monoisotopic (exact) mass is 302 g/mol. The Morgan fingerprint density at radius 2 is 2.27 bits per heavy atom. The van der Waals surface area contributed by atoms with Gasteiger partial charge in [0.2, 0.25) is 0 Å². The lowest BCUT2D eigenvalue weighted by Crippen LogP contribution is -2.35. The van der Waals surface area contributed by atoms with E-state index < -0.39 is 6.03 Å². The molecule has 0 spiro atoms. The molecule has 1 aliphatic rings. The van der Waals surface area contributed by atoms with Crippen LogP contribution in [-0.2, 0) is 6.54 Å². The van der Waals surface area contributed by atoms with Gasteiger partial charge in [0, 0.05) is 17.7 Å². The number of hydrogen-bond acceptors (Lipinski definition) is 4. The van der Waals surface area contributed by atoms with Crippen molar-refractivity contribution in [3.63, 3.8) is 0 Å². The van der Waals surface area contributed by atoms with Crippen LogP contribution in [0.4, 0.5) is 10.6 Å². The van der Waals surface area contributed by atoms with E-state index in [9.17, 15) is 9.90 Å². The number of aromatic hydroxyl groups is 1. The molecule has 7 heteroatoms. The molecule has 2 aromatic rings. The molecule has 1 saturated carbocycles. The average molecular weight is 302 g/mol. The lowest BCUT2D eigenvalue weighted by molar-refractivity contribution is 0.253. The van der Waals surface area contributed by atoms with Crippen molar-refractivity contribution >= 4 is 11.8 Å². The molecule has 0 saturated heterocycles. The number of hydrogen-bond donors (Lipinski definition) is 3. The molecule has 0 unspecified atom stereocenters. The summed E-state index contributed by atoms with van der Waals surface area (Å²) < 4.78 is 5.07. The Morgan fingerprint density at radius 3 is 2.91 bits per heavy atom. The van der Waals surface area contributed by atoms with E-state index in [2.05, 4.69) is 10.2 Å². The number of ether oxygens (including phenoxy) is 1. The maximum absolute atomic E-state index is 11.7. The van der Waals surface area contributed by atoms with Gasteiger partial charge in [-0.1, -0.05) is 6.07 Å². The van der Waals surface area contributed by atoms with Crippen molar-refractivity contribution in [3.05, 3.63) is 35.5 Å². The summed E-state index contributed by atoms with van der Waals surface area (Å²) in [7, 11) is 1.47. The number of urea groups is 1. The quantitative estimate of drug-likeness (QED) is 0.786. The van der Waals surface area contributed by atoms with Gasteiger partial charge in [-0.15, -0.1) is 0 Å². The molecule has 2 amide bonds. The number of primary amides is 1. The van der Waals surface area contributed by atoms with Gasteiger partial charge < -0.3 is 15.6 Å². The first-order chi connectivity index (χ1) is 10.6. The van der Waals surface area contributed by atoms with Gasteiger partial charge in [-0.2, -0.15) is 5.10 Å². The second kappa shape index (κ2) is 5.59. The fourth-order valence-corrected chi connectivity index (χ4v) is 2.34. The molecule has 4 N–H and O–H groups in total. The molecule has 1 aromatic heterocycles. The molecule has 0 bridgehead atoms. The molecule has 0 atom stereocenters. The molecule has 116 valence electrons. The number of phenolic OH excluding ortho intramolecular Hbond substituents is 1. The molecular weight excluding hydrogens is 284 g/mol. The van der Waals surface area contributed by atoms with Crippen LogP contribution in [0.3, 0.4) is 0 Å². The van der Waals surface area contributed by atoms with E-state index in [0.717, 1.165) is 24.1 Å². The minimum absolute atomic E-state index is 0.0488. The number of carbonyl (C=O) groups excluding carboxylic acids is 1. The van der Waals surface area contributed by atoms with Crippen molar-refractivity contribution in [3.8, 4) is 11.5 Å². The van der Waals surface area contributed by atoms with Crippen LogP contribution in [-0.4, -0.2) is 28.4 Å². The minimum Gasteiger partial charge on any atom is -0.504 e. The second-order valence-corrected chi connectivity index (χ2v) is 5.39. The number of phenols is 1. The van der Waals surface area contributed by atoms with Crippen LogP contribution in [0.15, 0.2) is 24.3 Å². The lowest BCUT2D eigenvalue weighted by Gasteiger charge is -2.18. The molecule has 1 heterocycles. The third-order valence-electron chi connectivity index (χ3n) is 3.73. The van der Waals surface area contributed by atoms with Gasteiger partial charge in [-0.05, 0) is 30.5 Å². The zero-order chi connectivity index (χ0) is 15.7. The molecule has 3 rings (SSSR count). The lowest BCUT2D eigenvalue weighted by atomic mass is 10.2. The normalized spacial score (nSPS) is 13.9. The Labute approximate surface area is 127 Å². The number of methoxy groups -OCH3 is 1. The summed E-state index contributed by atoms with van der Waals surface area (Å²) in [4.78, 5) is 13.1. The van der Waals surface area contributed by atoms with Crippen molar-refractivity contribution in [2.75, 3.05) is 12.0 Å². The number of carbonyl (C=O) groups is 1. The highest BCUT2D eigenvalue weighted by Crippen LogP contribution is 2.40. The highest BCUT2D eigenvalue weighted by Gasteiger charge is 2.27. The fraction of sp³-hybridized carbons (Fsp3) is 0.333. The van der Waals surface area contributed by atoms with E-state index in [-0.39, 0.29) is 12.3 Å². The molecule has 1 aromatic carbocycles. The van der Waals surface area contributed by atoms with Gasteiger partial charge in [0.05, 0.1) is 13.7 Å². The number of amides is 2. The van der Waals surface area contributed by atoms with Gasteiger partial charge in [0.15, 0.2) is 17.3 Å². The number of aromatic amines is 1. The molecule has 0 radical (unpaired) electrons. The number of nitrogens with two attached hydrogens (primary N) is 1. The molecule has 1 aliphatic carbocycles. The number of anilines is 1. The minimum atomic E-state index is -0.583. The number of H-pyrrole nitrogens is 1. The van der Waals surface area contributed by atoms with Crippen LogP contribution >= 0.6 is 0 Å². The van der Waals surface area contributed by atoms with E-state index in [1.54, 1.807) is 12.1 Å². The summed E-state index contributed by atoms with van der Waals surface area (Å²) in [5.74, 6) is 1.42. The summed E-state index contributed by atoms with van der Waals surface area (Å²) in [6.07, 6.45) is 2.29. The average Bonchev–Trinajstić information content (AvgIpc) is 3.24. The van der Waals surface area contributed by atoms with Crippen molar-refractivity contribution in [1.82, 2.24) is 10.2 Å². The smallest absolute Gasteiger partial charge is 0.320 e. The first kappa shape index (κ1) is 14.2. The molecular formula is C15H18N4O3. The molecule has 0 aliphatic heterocycles. The van der Waals surface area contributed by atoms with Crippen LogP contribution < -0.4 is 15.4 Å². The second-order valence-electron chi connectivity index (χ2n) is 5.39.